The number of rotatable bonds is 4. The van der Waals surface area contributed by atoms with Crippen LogP contribution in [0.2, 0.25) is 0 Å². The van der Waals surface area contributed by atoms with Crippen LogP contribution in [-0.2, 0) is 6.54 Å². The number of aromatic amines is 1. The van der Waals surface area contributed by atoms with E-state index in [2.05, 4.69) is 70.9 Å². The lowest BCUT2D eigenvalue weighted by atomic mass is 9.75. The van der Waals surface area contributed by atoms with Gasteiger partial charge in [0.2, 0.25) is 0 Å². The number of nitrogens with one attached hydrogen (secondary N) is 2. The number of hydrogen-bond donors (Lipinski definition) is 2. The summed E-state index contributed by atoms with van der Waals surface area (Å²) < 4.78 is 1.37. The molecule has 0 atom stereocenters. The quantitative estimate of drug-likeness (QED) is 0.418. The monoisotopic (exact) mass is 389 g/mol. The van der Waals surface area contributed by atoms with Crippen LogP contribution in [0.5, 0.6) is 0 Å². The van der Waals surface area contributed by atoms with E-state index in [9.17, 15) is 0 Å². The first-order valence-electron chi connectivity index (χ1n) is 10.2. The zero-order valence-electron chi connectivity index (χ0n) is 16.6. The number of H-pyrrole nitrogens is 1. The van der Waals surface area contributed by atoms with Crippen molar-refractivity contribution in [2.45, 2.75) is 52.1 Å². The summed E-state index contributed by atoms with van der Waals surface area (Å²) in [5.41, 5.74) is 6.55. The highest BCUT2D eigenvalue weighted by molar-refractivity contribution is 7.17. The number of nitrogens with zero attached hydrogens (tertiary/aromatic N) is 1. The number of thiophene rings is 1. The van der Waals surface area contributed by atoms with E-state index in [0.29, 0.717) is 11.5 Å². The van der Waals surface area contributed by atoms with Crippen LogP contribution in [0.4, 0.5) is 0 Å². The molecule has 0 radical (unpaired) electrons. The third kappa shape index (κ3) is 3.47. The standard InChI is InChI=1S/C24H27N3S/c1-24(2)9-7-19(8-10-24)25-13-18-14-28-23-6-4-16(11-20(18)23)17-3-5-21-22(12-17)27-15-26-21/h3-6,11-12,14-15,19,25H,7-10,13H2,1-2H3,(H,26,27). The SMILES string of the molecule is CC1(C)CCC(NCc2csc3ccc(-c4ccc5nc[nH]c5c4)cc23)CC1. The van der Waals surface area contributed by atoms with Gasteiger partial charge in [-0.05, 0) is 82.8 Å². The number of aromatic nitrogens is 2. The van der Waals surface area contributed by atoms with E-state index in [1.165, 1.54) is 52.5 Å². The first-order chi connectivity index (χ1) is 13.6. The molecular weight excluding hydrogens is 362 g/mol. The van der Waals surface area contributed by atoms with Gasteiger partial charge in [-0.1, -0.05) is 26.0 Å². The Labute approximate surface area is 170 Å². The van der Waals surface area contributed by atoms with Crippen LogP contribution in [0.1, 0.15) is 45.1 Å². The molecule has 2 heterocycles. The topological polar surface area (TPSA) is 40.7 Å². The Balaban J connectivity index is 1.37. The number of imidazole rings is 1. The number of hydrogen-bond acceptors (Lipinski definition) is 3. The lowest BCUT2D eigenvalue weighted by Gasteiger charge is -2.34. The van der Waals surface area contributed by atoms with Crippen molar-refractivity contribution >= 4 is 32.5 Å². The van der Waals surface area contributed by atoms with E-state index in [-0.39, 0.29) is 0 Å². The Morgan fingerprint density at radius 1 is 1.11 bits per heavy atom. The molecule has 1 saturated carbocycles. The molecular formula is C24H27N3S. The fraction of sp³-hybridized carbons (Fsp3) is 0.375. The Morgan fingerprint density at radius 3 is 2.75 bits per heavy atom. The summed E-state index contributed by atoms with van der Waals surface area (Å²) in [5, 5.41) is 7.54. The molecule has 5 rings (SSSR count). The van der Waals surface area contributed by atoms with Crippen LogP contribution in [0.15, 0.2) is 48.1 Å². The molecule has 1 fully saturated rings. The Hall–Kier alpha value is -2.17. The van der Waals surface area contributed by atoms with Gasteiger partial charge >= 0.3 is 0 Å². The maximum atomic E-state index is 4.32. The number of fused-ring (bicyclic) bond motifs is 2. The molecule has 28 heavy (non-hydrogen) atoms. The van der Waals surface area contributed by atoms with Crippen LogP contribution >= 0.6 is 11.3 Å². The van der Waals surface area contributed by atoms with E-state index < -0.39 is 0 Å². The summed E-state index contributed by atoms with van der Waals surface area (Å²) in [6.45, 7) is 5.77. The second-order valence-electron chi connectivity index (χ2n) is 8.93. The maximum Gasteiger partial charge on any atom is 0.0931 e. The second kappa shape index (κ2) is 7.02. The van der Waals surface area contributed by atoms with Crippen molar-refractivity contribution in [3.8, 4) is 11.1 Å². The molecule has 3 nitrogen and oxygen atoms in total. The van der Waals surface area contributed by atoms with Gasteiger partial charge in [0.05, 0.1) is 17.4 Å². The Bertz CT molecular complexity index is 1110. The van der Waals surface area contributed by atoms with Gasteiger partial charge in [-0.2, -0.15) is 0 Å². The lowest BCUT2D eigenvalue weighted by molar-refractivity contribution is 0.206. The highest BCUT2D eigenvalue weighted by atomic mass is 32.1. The summed E-state index contributed by atoms with van der Waals surface area (Å²) in [7, 11) is 0. The van der Waals surface area contributed by atoms with Gasteiger partial charge in [0.15, 0.2) is 0 Å². The van der Waals surface area contributed by atoms with E-state index >= 15 is 0 Å². The van der Waals surface area contributed by atoms with Crippen LogP contribution in [0.25, 0.3) is 32.2 Å². The molecule has 1 aliphatic carbocycles. The second-order valence-corrected chi connectivity index (χ2v) is 9.84. The van der Waals surface area contributed by atoms with E-state index in [4.69, 9.17) is 0 Å². The molecule has 0 bridgehead atoms. The van der Waals surface area contributed by atoms with Crippen molar-refractivity contribution < 1.29 is 0 Å². The average Bonchev–Trinajstić information content (AvgIpc) is 3.33. The summed E-state index contributed by atoms with van der Waals surface area (Å²) in [5.74, 6) is 0. The fourth-order valence-corrected chi connectivity index (χ4v) is 5.31. The lowest BCUT2D eigenvalue weighted by Crippen LogP contribution is -2.35. The zero-order valence-corrected chi connectivity index (χ0v) is 17.4. The maximum absolute atomic E-state index is 4.32. The molecule has 0 amide bonds. The van der Waals surface area contributed by atoms with Crippen molar-refractivity contribution in [3.05, 3.63) is 53.7 Å². The molecule has 0 aliphatic heterocycles. The van der Waals surface area contributed by atoms with Gasteiger partial charge in [-0.25, -0.2) is 4.98 Å². The minimum Gasteiger partial charge on any atom is -0.345 e. The van der Waals surface area contributed by atoms with Crippen LogP contribution in [0.3, 0.4) is 0 Å². The van der Waals surface area contributed by atoms with Crippen LogP contribution in [-0.4, -0.2) is 16.0 Å². The first-order valence-corrected chi connectivity index (χ1v) is 11.1. The molecule has 0 saturated heterocycles. The third-order valence-electron chi connectivity index (χ3n) is 6.33. The molecule has 2 aromatic carbocycles. The van der Waals surface area contributed by atoms with Crippen molar-refractivity contribution in [3.63, 3.8) is 0 Å². The molecule has 0 unspecified atom stereocenters. The van der Waals surface area contributed by atoms with E-state index in [1.807, 2.05) is 11.3 Å². The van der Waals surface area contributed by atoms with E-state index in [0.717, 1.165) is 17.6 Å². The van der Waals surface area contributed by atoms with Gasteiger partial charge in [-0.3, -0.25) is 0 Å². The highest BCUT2D eigenvalue weighted by Gasteiger charge is 2.26. The molecule has 4 heteroatoms. The third-order valence-corrected chi connectivity index (χ3v) is 7.34. The minimum atomic E-state index is 0.526. The molecule has 2 N–H and O–H groups in total. The first kappa shape index (κ1) is 17.9. The summed E-state index contributed by atoms with van der Waals surface area (Å²) in [4.78, 5) is 7.54. The van der Waals surface area contributed by atoms with Crippen LogP contribution < -0.4 is 5.32 Å². The smallest absolute Gasteiger partial charge is 0.0931 e. The summed E-state index contributed by atoms with van der Waals surface area (Å²) in [6.07, 6.45) is 7.01. The van der Waals surface area contributed by atoms with Gasteiger partial charge in [0, 0.05) is 17.3 Å². The minimum absolute atomic E-state index is 0.526. The van der Waals surface area contributed by atoms with Crippen molar-refractivity contribution in [1.29, 1.82) is 0 Å². The fourth-order valence-electron chi connectivity index (χ4n) is 4.37. The van der Waals surface area contributed by atoms with Crippen molar-refractivity contribution in [2.75, 3.05) is 0 Å². The zero-order chi connectivity index (χ0) is 19.1. The van der Waals surface area contributed by atoms with Gasteiger partial charge in [0.25, 0.3) is 0 Å². The predicted octanol–water partition coefficient (Wildman–Crippen LogP) is 6.50. The molecule has 2 aromatic heterocycles. The van der Waals surface area contributed by atoms with Gasteiger partial charge in [-0.15, -0.1) is 11.3 Å². The highest BCUT2D eigenvalue weighted by Crippen LogP contribution is 2.36. The Morgan fingerprint density at radius 2 is 1.89 bits per heavy atom. The molecule has 144 valence electrons. The van der Waals surface area contributed by atoms with Gasteiger partial charge in [0.1, 0.15) is 0 Å². The molecule has 0 spiro atoms. The van der Waals surface area contributed by atoms with Crippen molar-refractivity contribution in [2.24, 2.45) is 5.41 Å². The largest absolute Gasteiger partial charge is 0.345 e. The molecule has 4 aromatic rings. The van der Waals surface area contributed by atoms with E-state index in [1.54, 1.807) is 6.33 Å². The normalized spacial score (nSPS) is 17.5. The molecule has 1 aliphatic rings. The Kier molecular flexibility index (Phi) is 4.48. The predicted molar refractivity (Wildman–Crippen MR) is 120 cm³/mol. The van der Waals surface area contributed by atoms with Gasteiger partial charge < -0.3 is 10.3 Å². The van der Waals surface area contributed by atoms with Crippen molar-refractivity contribution in [1.82, 2.24) is 15.3 Å². The van der Waals surface area contributed by atoms with Crippen LogP contribution in [0, 0.1) is 5.41 Å². The summed E-state index contributed by atoms with van der Waals surface area (Å²) in [6, 6.07) is 14.0. The number of benzene rings is 2. The summed E-state index contributed by atoms with van der Waals surface area (Å²) >= 11 is 1.85. The average molecular weight is 390 g/mol.